The van der Waals surface area contributed by atoms with Crippen molar-refractivity contribution in [3.8, 4) is 0 Å². The summed E-state index contributed by atoms with van der Waals surface area (Å²) in [5.41, 5.74) is 0.819. The molecule has 4 atom stereocenters. The highest BCUT2D eigenvalue weighted by Gasteiger charge is 2.45. The van der Waals surface area contributed by atoms with Gasteiger partial charge in [-0.2, -0.15) is 0 Å². The predicted octanol–water partition coefficient (Wildman–Crippen LogP) is 4.40. The van der Waals surface area contributed by atoms with E-state index in [0.29, 0.717) is 6.42 Å². The molecule has 1 aromatic rings. The van der Waals surface area contributed by atoms with Gasteiger partial charge in [0.15, 0.2) is 0 Å². The molecule has 0 spiro atoms. The molecular formula is C21H29NO5. The highest BCUT2D eigenvalue weighted by atomic mass is 16.6. The van der Waals surface area contributed by atoms with Gasteiger partial charge in [0, 0.05) is 5.92 Å². The molecule has 1 aliphatic heterocycles. The summed E-state index contributed by atoms with van der Waals surface area (Å²) in [7, 11) is 0. The smallest absolute Gasteiger partial charge is 0.417 e. The molecule has 6 nitrogen and oxygen atoms in total. The third-order valence-corrected chi connectivity index (χ3v) is 5.14. The van der Waals surface area contributed by atoms with E-state index in [4.69, 9.17) is 4.74 Å². The van der Waals surface area contributed by atoms with Crippen LogP contribution in [0.25, 0.3) is 0 Å². The van der Waals surface area contributed by atoms with E-state index in [1.807, 2.05) is 37.3 Å². The maximum atomic E-state index is 13.0. The Hall–Kier alpha value is -2.37. The quantitative estimate of drug-likeness (QED) is 0.691. The van der Waals surface area contributed by atoms with Gasteiger partial charge in [-0.05, 0) is 24.8 Å². The fourth-order valence-corrected chi connectivity index (χ4v) is 3.68. The van der Waals surface area contributed by atoms with Crippen LogP contribution in [0.2, 0.25) is 0 Å². The number of imide groups is 1. The molecule has 0 unspecified atom stereocenters. The van der Waals surface area contributed by atoms with Crippen molar-refractivity contribution in [3.63, 3.8) is 0 Å². The Bertz CT molecular complexity index is 660. The number of amides is 2. The number of carboxylic acids is 1. The van der Waals surface area contributed by atoms with Crippen molar-refractivity contribution in [2.24, 2.45) is 11.8 Å². The van der Waals surface area contributed by atoms with Crippen molar-refractivity contribution in [2.75, 3.05) is 0 Å². The Kier molecular flexibility index (Phi) is 7.39. The van der Waals surface area contributed by atoms with Crippen LogP contribution in [0.3, 0.4) is 0 Å². The van der Waals surface area contributed by atoms with Gasteiger partial charge in [0.25, 0.3) is 0 Å². The summed E-state index contributed by atoms with van der Waals surface area (Å²) in [6.07, 6.45) is 1.97. The predicted molar refractivity (Wildman–Crippen MR) is 101 cm³/mol. The number of carbonyl (C=O) groups is 3. The van der Waals surface area contributed by atoms with Crippen LogP contribution >= 0.6 is 0 Å². The Morgan fingerprint density at radius 2 is 1.93 bits per heavy atom. The molecule has 1 N–H and O–H groups in total. The lowest BCUT2D eigenvalue weighted by molar-refractivity contribution is -0.144. The average Bonchev–Trinajstić information content (AvgIpc) is 2.93. The molecule has 0 radical (unpaired) electrons. The molecule has 2 amide bonds. The molecule has 0 aromatic heterocycles. The van der Waals surface area contributed by atoms with Crippen LogP contribution in [0, 0.1) is 11.8 Å². The summed E-state index contributed by atoms with van der Waals surface area (Å²) < 4.78 is 5.44. The minimum atomic E-state index is -1.03. The first-order chi connectivity index (χ1) is 12.8. The molecular weight excluding hydrogens is 346 g/mol. The molecule has 1 aromatic carbocycles. The second kappa shape index (κ2) is 9.53. The van der Waals surface area contributed by atoms with Crippen LogP contribution in [0.1, 0.15) is 64.5 Å². The Balaban J connectivity index is 2.15. The lowest BCUT2D eigenvalue weighted by Gasteiger charge is -2.25. The Labute approximate surface area is 160 Å². The molecule has 1 saturated heterocycles. The second-order valence-electron chi connectivity index (χ2n) is 7.44. The van der Waals surface area contributed by atoms with E-state index < -0.39 is 36.0 Å². The van der Waals surface area contributed by atoms with Gasteiger partial charge in [0.2, 0.25) is 5.91 Å². The zero-order chi connectivity index (χ0) is 20.0. The third kappa shape index (κ3) is 5.31. The number of hydrogen-bond acceptors (Lipinski definition) is 4. The summed E-state index contributed by atoms with van der Waals surface area (Å²) in [6.45, 7) is 5.88. The number of carboxylic acid groups (broad SMARTS) is 1. The van der Waals surface area contributed by atoms with Gasteiger partial charge >= 0.3 is 12.1 Å². The van der Waals surface area contributed by atoms with Crippen LogP contribution in [-0.2, 0) is 14.3 Å². The Morgan fingerprint density at radius 1 is 1.26 bits per heavy atom. The molecule has 2 rings (SSSR count). The van der Waals surface area contributed by atoms with Gasteiger partial charge < -0.3 is 9.84 Å². The number of carbonyl (C=O) groups excluding carboxylic acids is 2. The maximum absolute atomic E-state index is 13.0. The number of benzene rings is 1. The number of nitrogens with zero attached hydrogens (tertiary/aromatic N) is 1. The summed E-state index contributed by atoms with van der Waals surface area (Å²) >= 11 is 0. The molecule has 6 heteroatoms. The van der Waals surface area contributed by atoms with Crippen molar-refractivity contribution < 1.29 is 24.2 Å². The van der Waals surface area contributed by atoms with E-state index in [1.165, 1.54) is 0 Å². The first-order valence-electron chi connectivity index (χ1n) is 9.65. The number of ether oxygens (including phenoxy) is 1. The summed E-state index contributed by atoms with van der Waals surface area (Å²) in [5.74, 6) is -1.98. The lowest BCUT2D eigenvalue weighted by Crippen LogP contribution is -2.42. The average molecular weight is 375 g/mol. The summed E-state index contributed by atoms with van der Waals surface area (Å²) in [4.78, 5) is 37.8. The molecule has 1 fully saturated rings. The molecule has 1 aliphatic rings. The van der Waals surface area contributed by atoms with Gasteiger partial charge in [-0.15, -0.1) is 0 Å². The highest BCUT2D eigenvalue weighted by Crippen LogP contribution is 2.34. The maximum Gasteiger partial charge on any atom is 0.417 e. The zero-order valence-corrected chi connectivity index (χ0v) is 16.3. The van der Waals surface area contributed by atoms with Gasteiger partial charge in [-0.3, -0.25) is 9.59 Å². The highest BCUT2D eigenvalue weighted by molar-refractivity contribution is 5.96. The van der Waals surface area contributed by atoms with Gasteiger partial charge in [-0.25, -0.2) is 9.69 Å². The van der Waals surface area contributed by atoms with Crippen molar-refractivity contribution in [2.45, 2.75) is 65.0 Å². The van der Waals surface area contributed by atoms with Gasteiger partial charge in [0.1, 0.15) is 6.10 Å². The second-order valence-corrected chi connectivity index (χ2v) is 7.44. The fraction of sp³-hybridized carbons (Fsp3) is 0.571. The zero-order valence-electron chi connectivity index (χ0n) is 16.3. The van der Waals surface area contributed by atoms with Crippen LogP contribution in [0.4, 0.5) is 4.79 Å². The molecule has 148 valence electrons. The first-order valence-corrected chi connectivity index (χ1v) is 9.65. The van der Waals surface area contributed by atoms with Crippen molar-refractivity contribution >= 4 is 18.0 Å². The normalized spacial score (nSPS) is 21.6. The summed E-state index contributed by atoms with van der Waals surface area (Å²) in [6, 6.07) is 8.80. The van der Waals surface area contributed by atoms with Crippen molar-refractivity contribution in [1.82, 2.24) is 4.90 Å². The van der Waals surface area contributed by atoms with E-state index >= 15 is 0 Å². The molecule has 0 aliphatic carbocycles. The van der Waals surface area contributed by atoms with E-state index in [-0.39, 0.29) is 12.3 Å². The van der Waals surface area contributed by atoms with Crippen LogP contribution in [-0.4, -0.2) is 34.0 Å². The van der Waals surface area contributed by atoms with Crippen LogP contribution in [0.5, 0.6) is 0 Å². The van der Waals surface area contributed by atoms with Crippen molar-refractivity contribution in [1.29, 1.82) is 0 Å². The van der Waals surface area contributed by atoms with Crippen LogP contribution < -0.4 is 0 Å². The largest absolute Gasteiger partial charge is 0.481 e. The number of rotatable bonds is 9. The van der Waals surface area contributed by atoms with E-state index in [1.54, 1.807) is 6.92 Å². The third-order valence-electron chi connectivity index (χ3n) is 5.14. The topological polar surface area (TPSA) is 83.9 Å². The van der Waals surface area contributed by atoms with E-state index in [2.05, 4.69) is 6.92 Å². The minimum Gasteiger partial charge on any atom is -0.481 e. The molecule has 0 bridgehead atoms. The van der Waals surface area contributed by atoms with Gasteiger partial charge in [0.05, 0.1) is 12.5 Å². The van der Waals surface area contributed by atoms with E-state index in [0.717, 1.165) is 29.7 Å². The van der Waals surface area contributed by atoms with E-state index in [9.17, 15) is 19.5 Å². The summed E-state index contributed by atoms with van der Waals surface area (Å²) in [5, 5.41) is 9.24. The van der Waals surface area contributed by atoms with Crippen molar-refractivity contribution in [3.05, 3.63) is 35.9 Å². The van der Waals surface area contributed by atoms with Crippen LogP contribution in [0.15, 0.2) is 30.3 Å². The minimum absolute atomic E-state index is 0.220. The van der Waals surface area contributed by atoms with Gasteiger partial charge in [-0.1, -0.05) is 63.4 Å². The number of unbranched alkanes of at least 4 members (excludes halogenated alkanes) is 1. The number of cyclic esters (lactones) is 1. The number of aliphatic carboxylic acids is 1. The fourth-order valence-electron chi connectivity index (χ4n) is 3.68. The SMILES string of the molecule is CCCC[C@@H](C)C[C@@H](CC(=O)O)C(=O)N1C(=O)O[C@@H](c2ccccc2)[C@H]1C. The number of hydrogen-bond donors (Lipinski definition) is 1. The molecule has 0 saturated carbocycles. The monoisotopic (exact) mass is 375 g/mol. The standard InChI is InChI=1S/C21H29NO5/c1-4-5-9-14(2)12-17(13-18(23)24)20(25)22-15(3)19(27-21(22)26)16-10-7-6-8-11-16/h6-8,10-11,14-15,17,19H,4-5,9,12-13H2,1-3H3,(H,23,24)/t14-,15-,17+,19-/m1/s1. The molecule has 1 heterocycles. The molecule has 27 heavy (non-hydrogen) atoms. The first kappa shape index (κ1) is 20.9. The Morgan fingerprint density at radius 3 is 2.52 bits per heavy atom. The lowest BCUT2D eigenvalue weighted by atomic mass is 9.88.